The van der Waals surface area contributed by atoms with Crippen LogP contribution < -0.4 is 10.6 Å². The first-order valence-electron chi connectivity index (χ1n) is 7.91. The summed E-state index contributed by atoms with van der Waals surface area (Å²) < 4.78 is 26.1. The molecule has 0 aliphatic rings. The predicted molar refractivity (Wildman–Crippen MR) is 94.8 cm³/mol. The molecule has 0 aliphatic carbocycles. The van der Waals surface area contributed by atoms with Gasteiger partial charge in [-0.25, -0.2) is 8.78 Å². The normalized spacial score (nSPS) is 10.4. The lowest BCUT2D eigenvalue weighted by atomic mass is 10.1. The van der Waals surface area contributed by atoms with Gasteiger partial charge < -0.3 is 10.6 Å². The Hall–Kier alpha value is -3.35. The molecule has 0 bridgehead atoms. The van der Waals surface area contributed by atoms with Crippen LogP contribution >= 0.6 is 0 Å². The number of carbonyl (C=O) groups excluding carboxylic acids is 1. The van der Waals surface area contributed by atoms with Gasteiger partial charge in [-0.2, -0.15) is 0 Å². The Morgan fingerprint density at radius 1 is 1.00 bits per heavy atom. The second-order valence-corrected chi connectivity index (χ2v) is 5.73. The van der Waals surface area contributed by atoms with Crippen molar-refractivity contribution in [3.8, 4) is 0 Å². The molecule has 7 heteroatoms. The number of hydrogen-bond donors (Lipinski definition) is 2. The summed E-state index contributed by atoms with van der Waals surface area (Å²) in [5.41, 5.74) is 2.47. The number of anilines is 2. The molecule has 1 aromatic heterocycles. The number of rotatable bonds is 5. The molecule has 0 saturated heterocycles. The standard InChI is InChI=1S/C19H16F2N4O/c1-12-3-2-4-13(9-12)11-22-18-8-7-17(24-25-18)19(26)23-14-5-6-15(20)16(21)10-14/h2-10H,11H2,1H3,(H,22,25)(H,23,26). The Balaban J connectivity index is 1.61. The molecule has 0 saturated carbocycles. The number of benzene rings is 2. The lowest BCUT2D eigenvalue weighted by Gasteiger charge is -2.07. The fourth-order valence-corrected chi connectivity index (χ4v) is 2.33. The van der Waals surface area contributed by atoms with Crippen LogP contribution in [0, 0.1) is 18.6 Å². The van der Waals surface area contributed by atoms with Crippen LogP contribution in [0.15, 0.2) is 54.6 Å². The molecule has 0 atom stereocenters. The van der Waals surface area contributed by atoms with Crippen LogP contribution in [0.2, 0.25) is 0 Å². The molecule has 0 radical (unpaired) electrons. The van der Waals surface area contributed by atoms with Gasteiger partial charge in [-0.15, -0.1) is 10.2 Å². The van der Waals surface area contributed by atoms with Crippen LogP contribution in [0.1, 0.15) is 21.6 Å². The van der Waals surface area contributed by atoms with E-state index in [1.165, 1.54) is 17.7 Å². The van der Waals surface area contributed by atoms with Gasteiger partial charge in [0.25, 0.3) is 5.91 Å². The highest BCUT2D eigenvalue weighted by atomic mass is 19.2. The van der Waals surface area contributed by atoms with E-state index in [-0.39, 0.29) is 11.4 Å². The number of nitrogens with one attached hydrogen (secondary N) is 2. The number of aryl methyl sites for hydroxylation is 1. The van der Waals surface area contributed by atoms with Gasteiger partial charge in [-0.1, -0.05) is 29.8 Å². The molecular formula is C19H16F2N4O. The predicted octanol–water partition coefficient (Wildman–Crippen LogP) is 3.93. The van der Waals surface area contributed by atoms with Crippen LogP contribution in [-0.2, 0) is 6.54 Å². The largest absolute Gasteiger partial charge is 0.365 e. The first-order valence-corrected chi connectivity index (χ1v) is 7.91. The average molecular weight is 354 g/mol. The fourth-order valence-electron chi connectivity index (χ4n) is 2.33. The average Bonchev–Trinajstić information content (AvgIpc) is 2.63. The highest BCUT2D eigenvalue weighted by Gasteiger charge is 2.10. The third-order valence-corrected chi connectivity index (χ3v) is 3.63. The van der Waals surface area contributed by atoms with E-state index in [0.29, 0.717) is 12.4 Å². The van der Waals surface area contributed by atoms with Crippen LogP contribution in [0.3, 0.4) is 0 Å². The van der Waals surface area contributed by atoms with E-state index in [4.69, 9.17) is 0 Å². The van der Waals surface area contributed by atoms with E-state index in [1.54, 1.807) is 6.07 Å². The highest BCUT2D eigenvalue weighted by molar-refractivity contribution is 6.02. The molecule has 0 unspecified atom stereocenters. The Kier molecular flexibility index (Phi) is 5.17. The molecule has 5 nitrogen and oxygen atoms in total. The second-order valence-electron chi connectivity index (χ2n) is 5.73. The zero-order chi connectivity index (χ0) is 18.5. The Labute approximate surface area is 149 Å². The topological polar surface area (TPSA) is 66.9 Å². The molecule has 0 fully saturated rings. The van der Waals surface area contributed by atoms with Gasteiger partial charge in [0.2, 0.25) is 0 Å². The van der Waals surface area contributed by atoms with Gasteiger partial charge in [-0.05, 0) is 36.8 Å². The summed E-state index contributed by atoms with van der Waals surface area (Å²) in [6, 6.07) is 14.3. The van der Waals surface area contributed by atoms with E-state index in [2.05, 4.69) is 26.9 Å². The van der Waals surface area contributed by atoms with Crippen LogP contribution in [0.5, 0.6) is 0 Å². The van der Waals surface area contributed by atoms with Crippen LogP contribution in [0.4, 0.5) is 20.3 Å². The van der Waals surface area contributed by atoms with Gasteiger partial charge in [-0.3, -0.25) is 4.79 Å². The van der Waals surface area contributed by atoms with Gasteiger partial charge in [0.1, 0.15) is 5.82 Å². The minimum Gasteiger partial charge on any atom is -0.365 e. The van der Waals surface area contributed by atoms with Gasteiger partial charge >= 0.3 is 0 Å². The minimum atomic E-state index is -1.04. The summed E-state index contributed by atoms with van der Waals surface area (Å²) >= 11 is 0. The van der Waals surface area contributed by atoms with Crippen molar-refractivity contribution in [3.05, 3.63) is 83.1 Å². The number of amides is 1. The zero-order valence-corrected chi connectivity index (χ0v) is 14.0. The summed E-state index contributed by atoms with van der Waals surface area (Å²) in [5, 5.41) is 13.4. The van der Waals surface area contributed by atoms with Crippen molar-refractivity contribution in [1.29, 1.82) is 0 Å². The van der Waals surface area contributed by atoms with E-state index < -0.39 is 17.5 Å². The molecular weight excluding hydrogens is 338 g/mol. The van der Waals surface area contributed by atoms with E-state index >= 15 is 0 Å². The molecule has 3 rings (SSSR count). The molecule has 1 heterocycles. The van der Waals surface area contributed by atoms with Crippen molar-refractivity contribution in [2.24, 2.45) is 0 Å². The second kappa shape index (κ2) is 7.69. The highest BCUT2D eigenvalue weighted by Crippen LogP contribution is 2.14. The van der Waals surface area contributed by atoms with E-state index in [0.717, 1.165) is 17.7 Å². The van der Waals surface area contributed by atoms with Gasteiger partial charge in [0, 0.05) is 18.3 Å². The van der Waals surface area contributed by atoms with E-state index in [1.807, 2.05) is 25.1 Å². The fraction of sp³-hybridized carbons (Fsp3) is 0.105. The zero-order valence-electron chi connectivity index (χ0n) is 14.0. The minimum absolute atomic E-state index is 0.0656. The first-order chi connectivity index (χ1) is 12.5. The summed E-state index contributed by atoms with van der Waals surface area (Å²) in [5.74, 6) is -2.05. The third-order valence-electron chi connectivity index (χ3n) is 3.63. The summed E-state index contributed by atoms with van der Waals surface area (Å²) in [4.78, 5) is 12.1. The Morgan fingerprint density at radius 3 is 2.54 bits per heavy atom. The first kappa shape index (κ1) is 17.5. The maximum atomic E-state index is 13.2. The number of hydrogen-bond acceptors (Lipinski definition) is 4. The van der Waals surface area contributed by atoms with Gasteiger partial charge in [0.05, 0.1) is 0 Å². The molecule has 0 spiro atoms. The third kappa shape index (κ3) is 4.38. The van der Waals surface area contributed by atoms with Crippen molar-refractivity contribution >= 4 is 17.4 Å². The number of nitrogens with zero attached hydrogens (tertiary/aromatic N) is 2. The van der Waals surface area contributed by atoms with Crippen molar-refractivity contribution in [2.45, 2.75) is 13.5 Å². The Morgan fingerprint density at radius 2 is 1.85 bits per heavy atom. The lowest BCUT2D eigenvalue weighted by molar-refractivity contribution is 0.102. The number of carbonyl (C=O) groups is 1. The van der Waals surface area contributed by atoms with Crippen LogP contribution in [-0.4, -0.2) is 16.1 Å². The maximum Gasteiger partial charge on any atom is 0.276 e. The molecule has 132 valence electrons. The molecule has 26 heavy (non-hydrogen) atoms. The smallest absolute Gasteiger partial charge is 0.276 e. The number of aromatic nitrogens is 2. The van der Waals surface area contributed by atoms with Crippen molar-refractivity contribution in [1.82, 2.24) is 10.2 Å². The van der Waals surface area contributed by atoms with Crippen molar-refractivity contribution < 1.29 is 13.6 Å². The van der Waals surface area contributed by atoms with Crippen molar-refractivity contribution in [3.63, 3.8) is 0 Å². The molecule has 1 amide bonds. The SMILES string of the molecule is Cc1cccc(CNc2ccc(C(=O)Nc3ccc(F)c(F)c3)nn2)c1. The quantitative estimate of drug-likeness (QED) is 0.729. The molecule has 3 aromatic rings. The van der Waals surface area contributed by atoms with Crippen LogP contribution in [0.25, 0.3) is 0 Å². The summed E-state index contributed by atoms with van der Waals surface area (Å²) in [6.07, 6.45) is 0. The Bertz CT molecular complexity index is 929. The lowest BCUT2D eigenvalue weighted by Crippen LogP contribution is -2.15. The summed E-state index contributed by atoms with van der Waals surface area (Å²) in [7, 11) is 0. The molecule has 2 aromatic carbocycles. The number of halogens is 2. The van der Waals surface area contributed by atoms with Crippen molar-refractivity contribution in [2.75, 3.05) is 10.6 Å². The monoisotopic (exact) mass is 354 g/mol. The van der Waals surface area contributed by atoms with E-state index in [9.17, 15) is 13.6 Å². The maximum absolute atomic E-state index is 13.2. The van der Waals surface area contributed by atoms with Gasteiger partial charge in [0.15, 0.2) is 17.3 Å². The molecule has 2 N–H and O–H groups in total. The molecule has 0 aliphatic heterocycles. The summed E-state index contributed by atoms with van der Waals surface area (Å²) in [6.45, 7) is 2.60.